The van der Waals surface area contributed by atoms with Crippen LogP contribution in [0, 0.1) is 5.82 Å². The first-order chi connectivity index (χ1) is 13.1. The molecule has 3 rings (SSSR count). The average Bonchev–Trinajstić information content (AvgIpc) is 3.06. The highest BCUT2D eigenvalue weighted by Crippen LogP contribution is 2.30. The summed E-state index contributed by atoms with van der Waals surface area (Å²) in [4.78, 5) is 0. The molecule has 27 heavy (non-hydrogen) atoms. The summed E-state index contributed by atoms with van der Waals surface area (Å²) >= 11 is 7.59. The van der Waals surface area contributed by atoms with Crippen LogP contribution in [0.3, 0.4) is 0 Å². The first-order valence-electron chi connectivity index (χ1n) is 8.41. The maximum Gasteiger partial charge on any atom is 0.191 e. The molecule has 0 aliphatic carbocycles. The van der Waals surface area contributed by atoms with E-state index in [0.717, 1.165) is 0 Å². The summed E-state index contributed by atoms with van der Waals surface area (Å²) in [5.41, 5.74) is 0.623. The number of rotatable bonds is 8. The van der Waals surface area contributed by atoms with Gasteiger partial charge in [0.05, 0.1) is 5.02 Å². The van der Waals surface area contributed by atoms with Gasteiger partial charge in [-0.05, 0) is 30.7 Å². The number of benzene rings is 2. The number of allylic oxidation sites excluding steroid dienone is 1. The molecule has 1 unspecified atom stereocenters. The van der Waals surface area contributed by atoms with Gasteiger partial charge in [-0.3, -0.25) is 4.57 Å². The largest absolute Gasteiger partial charge is 0.481 e. The van der Waals surface area contributed by atoms with Gasteiger partial charge >= 0.3 is 0 Å². The first-order valence-corrected chi connectivity index (χ1v) is 9.78. The molecule has 0 amide bonds. The minimum absolute atomic E-state index is 0.226. The molecule has 7 heteroatoms. The molecule has 0 saturated carbocycles. The summed E-state index contributed by atoms with van der Waals surface area (Å²) in [5.74, 6) is 1.48. The molecule has 0 saturated heterocycles. The summed E-state index contributed by atoms with van der Waals surface area (Å²) in [6.45, 7) is 6.21. The molecule has 1 atom stereocenters. The van der Waals surface area contributed by atoms with Crippen LogP contribution in [-0.2, 0) is 12.3 Å². The number of nitrogens with zero attached hydrogens (tertiary/aromatic N) is 3. The highest BCUT2D eigenvalue weighted by atomic mass is 35.5. The van der Waals surface area contributed by atoms with Gasteiger partial charge < -0.3 is 4.74 Å². The predicted molar refractivity (Wildman–Crippen MR) is 107 cm³/mol. The zero-order valence-electron chi connectivity index (χ0n) is 14.8. The topological polar surface area (TPSA) is 39.9 Å². The molecule has 1 aromatic heterocycles. The maximum absolute atomic E-state index is 13.8. The van der Waals surface area contributed by atoms with Crippen molar-refractivity contribution in [3.8, 4) is 5.75 Å². The highest BCUT2D eigenvalue weighted by Gasteiger charge is 2.20. The van der Waals surface area contributed by atoms with Crippen molar-refractivity contribution in [2.75, 3.05) is 0 Å². The zero-order valence-corrected chi connectivity index (χ0v) is 16.4. The van der Waals surface area contributed by atoms with Crippen LogP contribution in [0.2, 0.25) is 5.02 Å². The van der Waals surface area contributed by atoms with Gasteiger partial charge in [-0.15, -0.1) is 16.8 Å². The molecular weight excluding hydrogens is 385 g/mol. The first kappa shape index (κ1) is 19.5. The van der Waals surface area contributed by atoms with Gasteiger partial charge in [0.2, 0.25) is 0 Å². The van der Waals surface area contributed by atoms with E-state index in [0.29, 0.717) is 39.6 Å². The molecule has 4 nitrogen and oxygen atoms in total. The van der Waals surface area contributed by atoms with Gasteiger partial charge in [0.25, 0.3) is 0 Å². The van der Waals surface area contributed by atoms with Crippen LogP contribution in [0.4, 0.5) is 4.39 Å². The molecule has 0 spiro atoms. The van der Waals surface area contributed by atoms with Gasteiger partial charge in [0.1, 0.15) is 11.6 Å². The van der Waals surface area contributed by atoms with Gasteiger partial charge in [-0.1, -0.05) is 59.8 Å². The van der Waals surface area contributed by atoms with Crippen molar-refractivity contribution in [2.24, 2.45) is 0 Å². The molecule has 3 aromatic rings. The van der Waals surface area contributed by atoms with Crippen molar-refractivity contribution in [3.05, 3.63) is 83.4 Å². The normalized spacial score (nSPS) is 12.0. The van der Waals surface area contributed by atoms with E-state index in [1.165, 1.54) is 17.8 Å². The summed E-state index contributed by atoms with van der Waals surface area (Å²) in [6.07, 6.45) is 1.41. The Hall–Kier alpha value is -2.31. The second kappa shape index (κ2) is 9.06. The third-order valence-electron chi connectivity index (χ3n) is 3.88. The zero-order chi connectivity index (χ0) is 19.2. The molecule has 2 aromatic carbocycles. The number of para-hydroxylation sites is 1. The van der Waals surface area contributed by atoms with Crippen LogP contribution in [0.25, 0.3) is 0 Å². The monoisotopic (exact) mass is 403 g/mol. The third kappa shape index (κ3) is 4.70. The van der Waals surface area contributed by atoms with Crippen LogP contribution >= 0.6 is 23.4 Å². The summed E-state index contributed by atoms with van der Waals surface area (Å²) in [7, 11) is 0. The van der Waals surface area contributed by atoms with E-state index in [1.54, 1.807) is 30.3 Å². The lowest BCUT2D eigenvalue weighted by Crippen LogP contribution is -2.12. The lowest BCUT2D eigenvalue weighted by molar-refractivity contribution is 0.210. The van der Waals surface area contributed by atoms with Crippen LogP contribution in [0.1, 0.15) is 24.4 Å². The Bertz CT molecular complexity index is 931. The molecule has 0 aliphatic heterocycles. The van der Waals surface area contributed by atoms with E-state index in [2.05, 4.69) is 16.8 Å². The van der Waals surface area contributed by atoms with Crippen molar-refractivity contribution in [1.29, 1.82) is 0 Å². The Morgan fingerprint density at radius 1 is 1.22 bits per heavy atom. The number of aromatic nitrogens is 3. The van der Waals surface area contributed by atoms with Gasteiger partial charge in [-0.2, -0.15) is 0 Å². The third-order valence-corrected chi connectivity index (χ3v) is 5.20. The van der Waals surface area contributed by atoms with E-state index in [9.17, 15) is 4.39 Å². The van der Waals surface area contributed by atoms with E-state index in [1.807, 2.05) is 29.7 Å². The van der Waals surface area contributed by atoms with Crippen molar-refractivity contribution in [3.63, 3.8) is 0 Å². The molecular formula is C20H19ClFN3OS. The summed E-state index contributed by atoms with van der Waals surface area (Å²) in [6, 6.07) is 14.0. The SMILES string of the molecule is C=CCn1c(SCc2ccccc2F)nnc1C(C)Oc1ccccc1Cl. The number of halogens is 2. The molecule has 140 valence electrons. The van der Waals surface area contributed by atoms with Crippen molar-refractivity contribution >= 4 is 23.4 Å². The standard InChI is InChI=1S/C20H19ClFN3OS/c1-3-12-25-19(14(2)26-18-11-7-5-9-16(18)21)23-24-20(25)27-13-15-8-4-6-10-17(15)22/h3-11,14H,1,12-13H2,2H3. The van der Waals surface area contributed by atoms with Crippen molar-refractivity contribution in [2.45, 2.75) is 30.5 Å². The van der Waals surface area contributed by atoms with Crippen LogP contribution < -0.4 is 4.74 Å². The Morgan fingerprint density at radius 2 is 1.96 bits per heavy atom. The van der Waals surface area contributed by atoms with E-state index >= 15 is 0 Å². The number of thioether (sulfide) groups is 1. The maximum atomic E-state index is 13.8. The minimum Gasteiger partial charge on any atom is -0.481 e. The number of hydrogen-bond donors (Lipinski definition) is 0. The van der Waals surface area contributed by atoms with Crippen molar-refractivity contribution in [1.82, 2.24) is 14.8 Å². The smallest absolute Gasteiger partial charge is 0.191 e. The minimum atomic E-state index is -0.361. The lowest BCUT2D eigenvalue weighted by Gasteiger charge is -2.16. The van der Waals surface area contributed by atoms with E-state index < -0.39 is 0 Å². The van der Waals surface area contributed by atoms with E-state index in [-0.39, 0.29) is 11.9 Å². The molecule has 0 bridgehead atoms. The van der Waals surface area contributed by atoms with Crippen LogP contribution in [-0.4, -0.2) is 14.8 Å². The Labute approximate surface area is 167 Å². The molecule has 0 N–H and O–H groups in total. The lowest BCUT2D eigenvalue weighted by atomic mass is 10.2. The predicted octanol–water partition coefficient (Wildman–Crippen LogP) is 5.69. The second-order valence-corrected chi connectivity index (χ2v) is 7.16. The number of ether oxygens (including phenoxy) is 1. The number of hydrogen-bond acceptors (Lipinski definition) is 4. The fourth-order valence-electron chi connectivity index (χ4n) is 2.55. The Kier molecular flexibility index (Phi) is 6.53. The summed E-state index contributed by atoms with van der Waals surface area (Å²) in [5, 5.41) is 9.75. The Morgan fingerprint density at radius 3 is 2.70 bits per heavy atom. The average molecular weight is 404 g/mol. The van der Waals surface area contributed by atoms with Crippen molar-refractivity contribution < 1.29 is 9.13 Å². The fraction of sp³-hybridized carbons (Fsp3) is 0.200. The summed E-state index contributed by atoms with van der Waals surface area (Å²) < 4.78 is 21.7. The highest BCUT2D eigenvalue weighted by molar-refractivity contribution is 7.98. The molecule has 0 aliphatic rings. The molecule has 0 fully saturated rings. The van der Waals surface area contributed by atoms with Gasteiger partial charge in [0.15, 0.2) is 17.1 Å². The quantitative estimate of drug-likeness (QED) is 0.358. The van der Waals surface area contributed by atoms with Crippen LogP contribution in [0.15, 0.2) is 66.3 Å². The fourth-order valence-corrected chi connectivity index (χ4v) is 3.67. The van der Waals surface area contributed by atoms with Gasteiger partial charge in [-0.25, -0.2) is 4.39 Å². The second-order valence-electron chi connectivity index (χ2n) is 5.81. The van der Waals surface area contributed by atoms with Gasteiger partial charge in [0, 0.05) is 12.3 Å². The molecule has 1 heterocycles. The van der Waals surface area contributed by atoms with E-state index in [4.69, 9.17) is 16.3 Å². The molecule has 0 radical (unpaired) electrons. The Balaban J connectivity index is 1.79. The van der Waals surface area contributed by atoms with Crippen LogP contribution in [0.5, 0.6) is 5.75 Å².